The lowest BCUT2D eigenvalue weighted by molar-refractivity contribution is -0.132. The lowest BCUT2D eigenvalue weighted by atomic mass is 10.0. The molecule has 0 aromatic heterocycles. The number of hydrogen-bond donors (Lipinski definition) is 1. The fraction of sp³-hybridized carbons (Fsp3) is 0.304. The Kier molecular flexibility index (Phi) is 7.37. The first-order valence-corrected chi connectivity index (χ1v) is 10.0. The van der Waals surface area contributed by atoms with Gasteiger partial charge in [-0.1, -0.05) is 18.2 Å². The summed E-state index contributed by atoms with van der Waals surface area (Å²) in [7, 11) is 1.46. The van der Waals surface area contributed by atoms with E-state index in [4.69, 9.17) is 9.47 Å². The van der Waals surface area contributed by atoms with Crippen molar-refractivity contribution in [1.29, 1.82) is 0 Å². The number of fused-ring (bicyclic) bond motifs is 1. The molecular formula is C23H25N3O5. The van der Waals surface area contributed by atoms with Gasteiger partial charge in [0.25, 0.3) is 0 Å². The van der Waals surface area contributed by atoms with Gasteiger partial charge in [-0.25, -0.2) is 5.43 Å². The Morgan fingerprint density at radius 3 is 2.71 bits per heavy atom. The van der Waals surface area contributed by atoms with Crippen LogP contribution < -0.4 is 19.8 Å². The van der Waals surface area contributed by atoms with Gasteiger partial charge in [0.2, 0.25) is 11.8 Å². The van der Waals surface area contributed by atoms with Crippen molar-refractivity contribution in [2.75, 3.05) is 18.6 Å². The van der Waals surface area contributed by atoms with E-state index in [9.17, 15) is 14.4 Å². The van der Waals surface area contributed by atoms with Crippen LogP contribution in [0.5, 0.6) is 11.5 Å². The van der Waals surface area contributed by atoms with Crippen molar-refractivity contribution in [2.24, 2.45) is 5.10 Å². The van der Waals surface area contributed by atoms with Gasteiger partial charge < -0.3 is 14.4 Å². The normalized spacial score (nSPS) is 12.9. The van der Waals surface area contributed by atoms with Crippen molar-refractivity contribution < 1.29 is 23.9 Å². The molecule has 1 N–H and O–H groups in total. The lowest BCUT2D eigenvalue weighted by Gasteiger charge is -2.29. The van der Waals surface area contributed by atoms with Gasteiger partial charge in [0.1, 0.15) is 0 Å². The molecule has 1 aliphatic heterocycles. The SMILES string of the molecule is COc1cc(C=NNC(=O)CCC(=O)N2CCCc3ccccc32)ccc1OC(C)=O. The van der Waals surface area contributed by atoms with Gasteiger partial charge in [-0.3, -0.25) is 14.4 Å². The van der Waals surface area contributed by atoms with Gasteiger partial charge in [-0.2, -0.15) is 5.10 Å². The van der Waals surface area contributed by atoms with Crippen LogP contribution >= 0.6 is 0 Å². The molecule has 0 bridgehead atoms. The Bertz CT molecular complexity index is 1000. The fourth-order valence-electron chi connectivity index (χ4n) is 3.39. The van der Waals surface area contributed by atoms with Gasteiger partial charge in [0, 0.05) is 32.0 Å². The summed E-state index contributed by atoms with van der Waals surface area (Å²) in [4.78, 5) is 37.5. The highest BCUT2D eigenvalue weighted by Crippen LogP contribution is 2.28. The summed E-state index contributed by atoms with van der Waals surface area (Å²) >= 11 is 0. The van der Waals surface area contributed by atoms with Crippen molar-refractivity contribution in [3.63, 3.8) is 0 Å². The summed E-state index contributed by atoms with van der Waals surface area (Å²) in [5, 5.41) is 3.92. The number of carbonyl (C=O) groups is 3. The molecule has 0 unspecified atom stereocenters. The molecule has 2 amide bonds. The third-order valence-corrected chi connectivity index (χ3v) is 4.82. The lowest BCUT2D eigenvalue weighted by Crippen LogP contribution is -2.36. The first-order chi connectivity index (χ1) is 15.0. The molecule has 0 atom stereocenters. The minimum absolute atomic E-state index is 0.0452. The van der Waals surface area contributed by atoms with E-state index in [0.717, 1.165) is 24.1 Å². The van der Waals surface area contributed by atoms with Crippen LogP contribution in [0, 0.1) is 0 Å². The number of nitrogens with one attached hydrogen (secondary N) is 1. The van der Waals surface area contributed by atoms with Crippen LogP contribution in [0.2, 0.25) is 0 Å². The molecule has 0 fully saturated rings. The minimum atomic E-state index is -0.449. The van der Waals surface area contributed by atoms with Crippen molar-refractivity contribution in [3.05, 3.63) is 53.6 Å². The standard InChI is InChI=1S/C23H25N3O5/c1-16(27)31-20-10-9-17(14-21(20)30-2)15-24-25-22(28)11-12-23(29)26-13-5-7-18-6-3-4-8-19(18)26/h3-4,6,8-10,14-15H,5,7,11-13H2,1-2H3,(H,25,28). The summed E-state index contributed by atoms with van der Waals surface area (Å²) in [6, 6.07) is 12.7. The molecule has 3 rings (SSSR count). The van der Waals surface area contributed by atoms with Gasteiger partial charge in [-0.15, -0.1) is 0 Å². The van der Waals surface area contributed by atoms with Crippen LogP contribution in [0.15, 0.2) is 47.6 Å². The zero-order valence-electron chi connectivity index (χ0n) is 17.6. The summed E-state index contributed by atoms with van der Waals surface area (Å²) in [5.74, 6) is -0.197. The van der Waals surface area contributed by atoms with E-state index in [1.165, 1.54) is 20.2 Å². The number of hydrazone groups is 1. The Balaban J connectivity index is 1.51. The second-order valence-corrected chi connectivity index (χ2v) is 7.07. The summed E-state index contributed by atoms with van der Waals surface area (Å²) in [5.41, 5.74) is 5.17. The smallest absolute Gasteiger partial charge is 0.308 e. The van der Waals surface area contributed by atoms with Crippen molar-refractivity contribution >= 4 is 29.7 Å². The second kappa shape index (κ2) is 10.4. The summed E-state index contributed by atoms with van der Waals surface area (Å²) < 4.78 is 10.2. The molecule has 1 heterocycles. The maximum absolute atomic E-state index is 12.6. The number of benzene rings is 2. The van der Waals surface area contributed by atoms with Crippen LogP contribution in [-0.2, 0) is 20.8 Å². The van der Waals surface area contributed by atoms with Crippen LogP contribution in [-0.4, -0.2) is 37.7 Å². The third-order valence-electron chi connectivity index (χ3n) is 4.82. The highest BCUT2D eigenvalue weighted by Gasteiger charge is 2.22. The van der Waals surface area contributed by atoms with E-state index in [1.54, 1.807) is 23.1 Å². The molecule has 0 radical (unpaired) electrons. The number of rotatable bonds is 7. The first kappa shape index (κ1) is 22.0. The van der Waals surface area contributed by atoms with Crippen LogP contribution in [0.3, 0.4) is 0 Å². The average Bonchev–Trinajstić information content (AvgIpc) is 2.77. The van der Waals surface area contributed by atoms with Crippen LogP contribution in [0.1, 0.15) is 37.3 Å². The monoisotopic (exact) mass is 423 g/mol. The number of carbonyl (C=O) groups excluding carboxylic acids is 3. The Hall–Kier alpha value is -3.68. The number of aryl methyl sites for hydroxylation is 1. The van der Waals surface area contributed by atoms with E-state index in [2.05, 4.69) is 10.5 Å². The van der Waals surface area contributed by atoms with Crippen LogP contribution in [0.25, 0.3) is 0 Å². The fourth-order valence-corrected chi connectivity index (χ4v) is 3.39. The van der Waals surface area contributed by atoms with Crippen molar-refractivity contribution in [3.8, 4) is 11.5 Å². The second-order valence-electron chi connectivity index (χ2n) is 7.07. The zero-order chi connectivity index (χ0) is 22.2. The molecule has 1 aliphatic rings. The van der Waals surface area contributed by atoms with E-state index in [1.807, 2.05) is 24.3 Å². The van der Waals surface area contributed by atoms with E-state index in [0.29, 0.717) is 23.6 Å². The van der Waals surface area contributed by atoms with Gasteiger partial charge in [0.15, 0.2) is 11.5 Å². The first-order valence-electron chi connectivity index (χ1n) is 10.0. The molecule has 31 heavy (non-hydrogen) atoms. The van der Waals surface area contributed by atoms with E-state index in [-0.39, 0.29) is 24.7 Å². The number of amides is 2. The topological polar surface area (TPSA) is 97.3 Å². The number of methoxy groups -OCH3 is 1. The predicted octanol–water partition coefficient (Wildman–Crippen LogP) is 2.83. The highest BCUT2D eigenvalue weighted by atomic mass is 16.6. The van der Waals surface area contributed by atoms with E-state index >= 15 is 0 Å². The Morgan fingerprint density at radius 2 is 1.94 bits per heavy atom. The molecule has 2 aromatic carbocycles. The largest absolute Gasteiger partial charge is 0.493 e. The minimum Gasteiger partial charge on any atom is -0.493 e. The zero-order valence-corrected chi connectivity index (χ0v) is 17.6. The molecule has 162 valence electrons. The van der Waals surface area contributed by atoms with Gasteiger partial charge in [-0.05, 0) is 48.2 Å². The maximum Gasteiger partial charge on any atom is 0.308 e. The molecular weight excluding hydrogens is 398 g/mol. The number of esters is 1. The molecule has 8 nitrogen and oxygen atoms in total. The number of para-hydroxylation sites is 1. The quantitative estimate of drug-likeness (QED) is 0.320. The molecule has 0 aliphatic carbocycles. The maximum atomic E-state index is 12.6. The van der Waals surface area contributed by atoms with Crippen LogP contribution in [0.4, 0.5) is 5.69 Å². The molecule has 0 saturated heterocycles. The molecule has 0 saturated carbocycles. The Morgan fingerprint density at radius 1 is 1.13 bits per heavy atom. The van der Waals surface area contributed by atoms with E-state index < -0.39 is 5.97 Å². The highest BCUT2D eigenvalue weighted by molar-refractivity contribution is 5.96. The Labute approximate surface area is 180 Å². The third kappa shape index (κ3) is 5.91. The average molecular weight is 423 g/mol. The molecule has 2 aromatic rings. The summed E-state index contributed by atoms with van der Waals surface area (Å²) in [6.45, 7) is 1.97. The molecule has 0 spiro atoms. The van der Waals surface area contributed by atoms with Crippen molar-refractivity contribution in [1.82, 2.24) is 5.43 Å². The number of ether oxygens (including phenoxy) is 2. The molecule has 8 heteroatoms. The number of anilines is 1. The van der Waals surface area contributed by atoms with Crippen molar-refractivity contribution in [2.45, 2.75) is 32.6 Å². The van der Waals surface area contributed by atoms with Gasteiger partial charge >= 0.3 is 5.97 Å². The van der Waals surface area contributed by atoms with Gasteiger partial charge in [0.05, 0.1) is 13.3 Å². The number of nitrogens with zero attached hydrogens (tertiary/aromatic N) is 2. The summed E-state index contributed by atoms with van der Waals surface area (Å²) in [6.07, 6.45) is 3.48. The predicted molar refractivity (Wildman–Crippen MR) is 116 cm³/mol. The number of hydrogen-bond acceptors (Lipinski definition) is 6.